The number of morpholine rings is 1. The average molecular weight is 422 g/mol. The Balaban J connectivity index is 1.61. The monoisotopic (exact) mass is 421 g/mol. The van der Waals surface area contributed by atoms with Gasteiger partial charge in [0.25, 0.3) is 5.91 Å². The molecule has 1 aliphatic heterocycles. The predicted molar refractivity (Wildman–Crippen MR) is 120 cm³/mol. The highest BCUT2D eigenvalue weighted by molar-refractivity contribution is 6.07. The summed E-state index contributed by atoms with van der Waals surface area (Å²) in [5, 5.41) is 3.95. The average Bonchev–Trinajstić information content (AvgIpc) is 2.79. The zero-order valence-electron chi connectivity index (χ0n) is 18.0. The van der Waals surface area contributed by atoms with E-state index in [-0.39, 0.29) is 17.8 Å². The van der Waals surface area contributed by atoms with Crippen LogP contribution in [-0.2, 0) is 4.74 Å². The van der Waals surface area contributed by atoms with E-state index in [4.69, 9.17) is 9.72 Å². The van der Waals surface area contributed by atoms with Crippen molar-refractivity contribution in [3.05, 3.63) is 66.0 Å². The zero-order chi connectivity index (χ0) is 21.8. The highest BCUT2D eigenvalue weighted by Crippen LogP contribution is 2.25. The number of aromatic nitrogens is 1. The lowest BCUT2D eigenvalue weighted by Crippen LogP contribution is -2.51. The van der Waals surface area contributed by atoms with Crippen LogP contribution in [0.15, 0.2) is 54.6 Å². The lowest BCUT2D eigenvalue weighted by Gasteiger charge is -2.37. The van der Waals surface area contributed by atoms with E-state index in [1.807, 2.05) is 24.3 Å². The first-order chi connectivity index (χ1) is 15.0. The molecule has 2 heterocycles. The van der Waals surface area contributed by atoms with Crippen molar-refractivity contribution in [1.82, 2.24) is 15.2 Å². The molecule has 1 aromatic heterocycles. The first-order valence-electron chi connectivity index (χ1n) is 10.8. The van der Waals surface area contributed by atoms with E-state index in [1.165, 1.54) is 12.1 Å². The fourth-order valence-corrected chi connectivity index (χ4v) is 4.12. The molecule has 0 spiro atoms. The molecule has 1 N–H and O–H groups in total. The van der Waals surface area contributed by atoms with E-state index < -0.39 is 0 Å². The van der Waals surface area contributed by atoms with Crippen LogP contribution in [-0.4, -0.2) is 54.7 Å². The number of fused-ring (bicyclic) bond motifs is 1. The third kappa shape index (κ3) is 4.92. The van der Waals surface area contributed by atoms with Crippen LogP contribution >= 0.6 is 0 Å². The number of carbonyl (C=O) groups is 1. The van der Waals surface area contributed by atoms with Crippen molar-refractivity contribution in [2.24, 2.45) is 5.92 Å². The molecular weight excluding hydrogens is 393 g/mol. The van der Waals surface area contributed by atoms with Gasteiger partial charge in [-0.25, -0.2) is 9.37 Å². The minimum atomic E-state index is -0.301. The van der Waals surface area contributed by atoms with Gasteiger partial charge in [-0.15, -0.1) is 0 Å². The SMILES string of the molecule is CC(C)C(CNC(=O)c1cc(-c2ccc(F)cc2)nc2ccccc12)N1CCOCC1. The maximum absolute atomic E-state index is 13.4. The number of ether oxygens (including phenoxy) is 1. The number of pyridine rings is 1. The number of nitrogens with zero attached hydrogens (tertiary/aromatic N) is 2. The second-order valence-corrected chi connectivity index (χ2v) is 8.25. The van der Waals surface area contributed by atoms with E-state index in [2.05, 4.69) is 24.1 Å². The number of halogens is 1. The van der Waals surface area contributed by atoms with Gasteiger partial charge in [-0.3, -0.25) is 9.69 Å². The van der Waals surface area contributed by atoms with Crippen LogP contribution in [0.4, 0.5) is 4.39 Å². The van der Waals surface area contributed by atoms with E-state index in [0.29, 0.717) is 23.7 Å². The molecule has 1 atom stereocenters. The molecule has 31 heavy (non-hydrogen) atoms. The zero-order valence-corrected chi connectivity index (χ0v) is 18.0. The highest BCUT2D eigenvalue weighted by atomic mass is 19.1. The number of para-hydroxylation sites is 1. The van der Waals surface area contributed by atoms with Crippen molar-refractivity contribution in [3.8, 4) is 11.3 Å². The Morgan fingerprint density at radius 2 is 1.84 bits per heavy atom. The Kier molecular flexibility index (Phi) is 6.59. The molecule has 0 radical (unpaired) electrons. The molecule has 2 aromatic carbocycles. The van der Waals surface area contributed by atoms with Gasteiger partial charge in [-0.1, -0.05) is 32.0 Å². The molecule has 6 heteroatoms. The molecule has 1 aliphatic rings. The van der Waals surface area contributed by atoms with Crippen molar-refractivity contribution in [2.45, 2.75) is 19.9 Å². The summed E-state index contributed by atoms with van der Waals surface area (Å²) in [6, 6.07) is 15.8. The lowest BCUT2D eigenvalue weighted by atomic mass is 10.0. The highest BCUT2D eigenvalue weighted by Gasteiger charge is 2.25. The van der Waals surface area contributed by atoms with E-state index in [9.17, 15) is 9.18 Å². The number of nitrogens with one attached hydrogen (secondary N) is 1. The quantitative estimate of drug-likeness (QED) is 0.650. The molecule has 1 fully saturated rings. The van der Waals surface area contributed by atoms with Crippen LogP contribution in [0.1, 0.15) is 24.2 Å². The molecule has 0 aliphatic carbocycles. The summed E-state index contributed by atoms with van der Waals surface area (Å²) in [6.45, 7) is 8.15. The lowest BCUT2D eigenvalue weighted by molar-refractivity contribution is 0.00673. The van der Waals surface area contributed by atoms with Gasteiger partial charge in [0, 0.05) is 36.6 Å². The maximum Gasteiger partial charge on any atom is 0.252 e. The van der Waals surface area contributed by atoms with Crippen molar-refractivity contribution < 1.29 is 13.9 Å². The van der Waals surface area contributed by atoms with E-state index >= 15 is 0 Å². The Hall–Kier alpha value is -2.83. The summed E-state index contributed by atoms with van der Waals surface area (Å²) in [5.74, 6) is -0.0198. The normalized spacial score (nSPS) is 15.9. The molecule has 4 rings (SSSR count). The smallest absolute Gasteiger partial charge is 0.252 e. The minimum absolute atomic E-state index is 0.124. The van der Waals surface area contributed by atoms with E-state index in [1.54, 1.807) is 18.2 Å². The van der Waals surface area contributed by atoms with Crippen molar-refractivity contribution in [1.29, 1.82) is 0 Å². The van der Waals surface area contributed by atoms with Gasteiger partial charge in [0.05, 0.1) is 30.0 Å². The molecule has 3 aromatic rings. The number of hydrogen-bond acceptors (Lipinski definition) is 4. The van der Waals surface area contributed by atoms with Gasteiger partial charge in [-0.2, -0.15) is 0 Å². The van der Waals surface area contributed by atoms with Crippen LogP contribution < -0.4 is 5.32 Å². The van der Waals surface area contributed by atoms with Gasteiger partial charge in [-0.05, 0) is 42.3 Å². The van der Waals surface area contributed by atoms with Crippen molar-refractivity contribution in [2.75, 3.05) is 32.8 Å². The third-order valence-corrected chi connectivity index (χ3v) is 5.86. The first-order valence-corrected chi connectivity index (χ1v) is 10.8. The van der Waals surface area contributed by atoms with Gasteiger partial charge in [0.15, 0.2) is 0 Å². The first kappa shape index (κ1) is 21.4. The summed E-state index contributed by atoms with van der Waals surface area (Å²) in [7, 11) is 0. The summed E-state index contributed by atoms with van der Waals surface area (Å²) in [4.78, 5) is 20.3. The second kappa shape index (κ2) is 9.54. The van der Waals surface area contributed by atoms with Crippen LogP contribution in [0, 0.1) is 11.7 Å². The van der Waals surface area contributed by atoms with Crippen LogP contribution in [0.25, 0.3) is 22.2 Å². The number of rotatable bonds is 6. The summed E-state index contributed by atoms with van der Waals surface area (Å²) in [6.07, 6.45) is 0. The van der Waals surface area contributed by atoms with Crippen LogP contribution in [0.3, 0.4) is 0 Å². The molecule has 5 nitrogen and oxygen atoms in total. The van der Waals surface area contributed by atoms with Crippen molar-refractivity contribution in [3.63, 3.8) is 0 Å². The number of hydrogen-bond donors (Lipinski definition) is 1. The topological polar surface area (TPSA) is 54.5 Å². The number of benzene rings is 2. The Bertz CT molecular complexity index is 1050. The van der Waals surface area contributed by atoms with Gasteiger partial charge in [0.2, 0.25) is 0 Å². The van der Waals surface area contributed by atoms with E-state index in [0.717, 1.165) is 42.8 Å². The van der Waals surface area contributed by atoms with Gasteiger partial charge >= 0.3 is 0 Å². The largest absolute Gasteiger partial charge is 0.379 e. The number of carbonyl (C=O) groups excluding carboxylic acids is 1. The molecular formula is C25H28FN3O2. The summed E-state index contributed by atoms with van der Waals surface area (Å²) >= 11 is 0. The standard InChI is InChI=1S/C25H28FN3O2/c1-17(2)24(29-11-13-31-14-12-29)16-27-25(30)21-15-23(18-7-9-19(26)10-8-18)28-22-6-4-3-5-20(21)22/h3-10,15,17,24H,11-14,16H2,1-2H3,(H,27,30). The fraction of sp³-hybridized carbons (Fsp3) is 0.360. The summed E-state index contributed by atoms with van der Waals surface area (Å²) in [5.41, 5.74) is 2.74. The second-order valence-electron chi connectivity index (χ2n) is 8.25. The molecule has 162 valence electrons. The molecule has 0 bridgehead atoms. The Morgan fingerprint density at radius 3 is 2.55 bits per heavy atom. The number of amides is 1. The van der Waals surface area contributed by atoms with Crippen LogP contribution in [0.2, 0.25) is 0 Å². The maximum atomic E-state index is 13.4. The predicted octanol–water partition coefficient (Wildman–Crippen LogP) is 4.13. The van der Waals surface area contributed by atoms with Crippen molar-refractivity contribution >= 4 is 16.8 Å². The fourth-order valence-electron chi connectivity index (χ4n) is 4.12. The molecule has 1 unspecified atom stereocenters. The van der Waals surface area contributed by atoms with Gasteiger partial charge < -0.3 is 10.1 Å². The Labute approximate surface area is 182 Å². The van der Waals surface area contributed by atoms with Crippen LogP contribution in [0.5, 0.6) is 0 Å². The van der Waals surface area contributed by atoms with Gasteiger partial charge in [0.1, 0.15) is 5.82 Å². The molecule has 0 saturated carbocycles. The Morgan fingerprint density at radius 1 is 1.13 bits per heavy atom. The molecule has 1 amide bonds. The minimum Gasteiger partial charge on any atom is -0.379 e. The summed E-state index contributed by atoms with van der Waals surface area (Å²) < 4.78 is 18.8. The third-order valence-electron chi connectivity index (χ3n) is 5.86. The molecule has 1 saturated heterocycles.